The van der Waals surface area contributed by atoms with Gasteiger partial charge in [-0.05, 0) is 24.3 Å². The fourth-order valence-corrected chi connectivity index (χ4v) is 1.64. The third-order valence-electron chi connectivity index (χ3n) is 2.65. The molecule has 0 aromatic heterocycles. The molecule has 1 aliphatic rings. The van der Waals surface area contributed by atoms with Crippen LogP contribution in [0.1, 0.15) is 6.42 Å². The zero-order valence-electron chi connectivity index (χ0n) is 10.4. The highest BCUT2D eigenvalue weighted by Crippen LogP contribution is 2.27. The van der Waals surface area contributed by atoms with Gasteiger partial charge in [-0.1, -0.05) is 24.3 Å². The highest BCUT2D eigenvalue weighted by atomic mass is 16.1. The maximum absolute atomic E-state index is 10.4. The molecule has 1 aromatic rings. The summed E-state index contributed by atoms with van der Waals surface area (Å²) in [5.74, 6) is 0. The number of allylic oxidation sites excluding steroid dienone is 1. The van der Waals surface area contributed by atoms with Crippen molar-refractivity contribution in [2.75, 3.05) is 0 Å². The molecule has 0 radical (unpaired) electrons. The summed E-state index contributed by atoms with van der Waals surface area (Å²) in [6, 6.07) is 9.27. The molecule has 0 atom stereocenters. The van der Waals surface area contributed by atoms with Crippen LogP contribution in [0.4, 0.5) is 5.69 Å². The van der Waals surface area contributed by atoms with Crippen molar-refractivity contribution in [2.45, 2.75) is 12.1 Å². The van der Waals surface area contributed by atoms with Crippen LogP contribution in [-0.4, -0.2) is 17.8 Å². The van der Waals surface area contributed by atoms with Crippen LogP contribution in [0.2, 0.25) is 0 Å². The molecule has 0 spiro atoms. The minimum absolute atomic E-state index is 0.233. The molecule has 6 heteroatoms. The molecule has 0 saturated carbocycles. The molecule has 1 aliphatic carbocycles. The summed E-state index contributed by atoms with van der Waals surface area (Å²) in [5.41, 5.74) is 0.0945. The van der Waals surface area contributed by atoms with Crippen LogP contribution < -0.4 is 0 Å². The van der Waals surface area contributed by atoms with Crippen LogP contribution in [0.15, 0.2) is 74.5 Å². The Morgan fingerprint density at radius 2 is 1.70 bits per heavy atom. The number of benzene rings is 1. The Kier molecular flexibility index (Phi) is 4.24. The van der Waals surface area contributed by atoms with Gasteiger partial charge in [0.1, 0.15) is 0 Å². The second-order valence-corrected chi connectivity index (χ2v) is 3.99. The maximum Gasteiger partial charge on any atom is 0.237 e. The first-order chi connectivity index (χ1) is 9.78. The minimum atomic E-state index is -1.24. The number of aliphatic imine (C=N–C) groups is 2. The molecule has 2 rings (SSSR count). The fourth-order valence-electron chi connectivity index (χ4n) is 1.64. The molecule has 0 aliphatic heterocycles. The van der Waals surface area contributed by atoms with Crippen molar-refractivity contribution in [3.05, 3.63) is 54.3 Å². The Bertz CT molecular complexity index is 646. The van der Waals surface area contributed by atoms with E-state index in [2.05, 4.69) is 20.2 Å². The Balaban J connectivity index is 2.14. The van der Waals surface area contributed by atoms with Gasteiger partial charge in [-0.25, -0.2) is 9.59 Å². The van der Waals surface area contributed by atoms with E-state index in [4.69, 9.17) is 0 Å². The zero-order valence-corrected chi connectivity index (χ0v) is 10.4. The van der Waals surface area contributed by atoms with Gasteiger partial charge in [0.15, 0.2) is 5.66 Å². The van der Waals surface area contributed by atoms with Crippen molar-refractivity contribution < 1.29 is 9.59 Å². The van der Waals surface area contributed by atoms with Crippen LogP contribution in [-0.2, 0) is 9.59 Å². The molecule has 0 unspecified atom stereocenters. The first kappa shape index (κ1) is 13.5. The standard InChI is InChI=1S/C14H10N4O2/c19-10-15-14(16-11-20)8-6-13(7-9-14)18-17-12-4-2-1-3-5-12/h1-8H,9H2. The first-order valence-electron chi connectivity index (χ1n) is 5.82. The average molecular weight is 266 g/mol. The SMILES string of the molecule is O=C=NC1(N=C=O)C=CC(N=Nc2ccccc2)=CC1. The zero-order chi connectivity index (χ0) is 14.3. The molecule has 0 saturated heterocycles. The maximum atomic E-state index is 10.4. The quantitative estimate of drug-likeness (QED) is 0.476. The molecule has 20 heavy (non-hydrogen) atoms. The molecule has 0 bridgehead atoms. The van der Waals surface area contributed by atoms with Crippen LogP contribution in [0, 0.1) is 0 Å². The minimum Gasteiger partial charge on any atom is -0.211 e. The van der Waals surface area contributed by atoms with E-state index >= 15 is 0 Å². The number of hydrogen-bond donors (Lipinski definition) is 0. The number of rotatable bonds is 4. The highest BCUT2D eigenvalue weighted by molar-refractivity contribution is 5.43. The molecule has 6 nitrogen and oxygen atoms in total. The Morgan fingerprint density at radius 1 is 1.00 bits per heavy atom. The smallest absolute Gasteiger partial charge is 0.211 e. The van der Waals surface area contributed by atoms with Gasteiger partial charge in [-0.3, -0.25) is 0 Å². The van der Waals surface area contributed by atoms with Crippen LogP contribution in [0.5, 0.6) is 0 Å². The first-order valence-corrected chi connectivity index (χ1v) is 5.82. The second-order valence-electron chi connectivity index (χ2n) is 3.99. The summed E-state index contributed by atoms with van der Waals surface area (Å²) < 4.78 is 0. The number of isocyanates is 2. The number of azo groups is 1. The lowest BCUT2D eigenvalue weighted by molar-refractivity contribution is 0.512. The molecule has 0 heterocycles. The van der Waals surface area contributed by atoms with E-state index in [-0.39, 0.29) is 6.42 Å². The summed E-state index contributed by atoms with van der Waals surface area (Å²) in [5, 5.41) is 8.12. The van der Waals surface area contributed by atoms with Crippen LogP contribution >= 0.6 is 0 Å². The van der Waals surface area contributed by atoms with E-state index in [9.17, 15) is 9.59 Å². The summed E-state index contributed by atoms with van der Waals surface area (Å²) in [6.07, 6.45) is 7.83. The van der Waals surface area contributed by atoms with Gasteiger partial charge in [0.2, 0.25) is 12.2 Å². The summed E-state index contributed by atoms with van der Waals surface area (Å²) >= 11 is 0. The highest BCUT2D eigenvalue weighted by Gasteiger charge is 2.27. The van der Waals surface area contributed by atoms with Gasteiger partial charge in [0, 0.05) is 6.42 Å². The lowest BCUT2D eigenvalue weighted by Crippen LogP contribution is -2.21. The van der Waals surface area contributed by atoms with Gasteiger partial charge in [0.05, 0.1) is 11.4 Å². The predicted molar refractivity (Wildman–Crippen MR) is 71.8 cm³/mol. The molecule has 0 fully saturated rings. The number of nitrogens with zero attached hydrogens (tertiary/aromatic N) is 4. The topological polar surface area (TPSA) is 83.6 Å². The van der Waals surface area contributed by atoms with Gasteiger partial charge in [-0.2, -0.15) is 20.2 Å². The normalized spacial score (nSPS) is 20.9. The fraction of sp³-hybridized carbons (Fsp3) is 0.143. The van der Waals surface area contributed by atoms with Crippen molar-refractivity contribution in [2.24, 2.45) is 20.2 Å². The molecular weight excluding hydrogens is 256 g/mol. The average Bonchev–Trinajstić information content (AvgIpc) is 2.48. The molecule has 1 aromatic carbocycles. The Labute approximate surface area is 115 Å². The van der Waals surface area contributed by atoms with Crippen LogP contribution in [0.25, 0.3) is 0 Å². The Hall–Kier alpha value is -2.94. The van der Waals surface area contributed by atoms with Gasteiger partial charge in [0.25, 0.3) is 0 Å². The summed E-state index contributed by atoms with van der Waals surface area (Å²) in [4.78, 5) is 27.8. The van der Waals surface area contributed by atoms with Crippen molar-refractivity contribution in [1.29, 1.82) is 0 Å². The number of hydrogen-bond acceptors (Lipinski definition) is 6. The van der Waals surface area contributed by atoms with E-state index in [1.807, 2.05) is 30.3 Å². The van der Waals surface area contributed by atoms with E-state index in [0.717, 1.165) is 5.69 Å². The van der Waals surface area contributed by atoms with Crippen molar-refractivity contribution in [1.82, 2.24) is 0 Å². The van der Waals surface area contributed by atoms with Crippen LogP contribution in [0.3, 0.4) is 0 Å². The molecule has 0 amide bonds. The monoisotopic (exact) mass is 266 g/mol. The largest absolute Gasteiger partial charge is 0.237 e. The van der Waals surface area contributed by atoms with Gasteiger partial charge in [-0.15, -0.1) is 0 Å². The third-order valence-corrected chi connectivity index (χ3v) is 2.65. The predicted octanol–water partition coefficient (Wildman–Crippen LogP) is 2.98. The Morgan fingerprint density at radius 3 is 2.25 bits per heavy atom. The molecule has 98 valence electrons. The van der Waals surface area contributed by atoms with Crippen molar-refractivity contribution in [3.8, 4) is 0 Å². The van der Waals surface area contributed by atoms with Gasteiger partial charge < -0.3 is 0 Å². The third kappa shape index (κ3) is 3.29. The summed E-state index contributed by atoms with van der Waals surface area (Å²) in [6.45, 7) is 0. The van der Waals surface area contributed by atoms with Crippen molar-refractivity contribution in [3.63, 3.8) is 0 Å². The number of carbonyl (C=O) groups excluding carboxylic acids is 2. The second kappa shape index (κ2) is 6.29. The van der Waals surface area contributed by atoms with Crippen molar-refractivity contribution >= 4 is 17.8 Å². The molecular formula is C14H10N4O2. The molecule has 0 N–H and O–H groups in total. The van der Waals surface area contributed by atoms with E-state index in [1.165, 1.54) is 18.2 Å². The van der Waals surface area contributed by atoms with E-state index in [0.29, 0.717) is 5.70 Å². The lowest BCUT2D eigenvalue weighted by Gasteiger charge is -2.18. The van der Waals surface area contributed by atoms with Gasteiger partial charge >= 0.3 is 0 Å². The van der Waals surface area contributed by atoms with E-state index < -0.39 is 5.66 Å². The van der Waals surface area contributed by atoms with E-state index in [1.54, 1.807) is 12.2 Å². The summed E-state index contributed by atoms with van der Waals surface area (Å²) in [7, 11) is 0. The lowest BCUT2D eigenvalue weighted by atomic mass is 10.0.